The molecule has 1 rings (SSSR count). The molecule has 0 aromatic heterocycles. The van der Waals surface area contributed by atoms with Crippen molar-refractivity contribution in [1.29, 1.82) is 0 Å². The zero-order valence-electron chi connectivity index (χ0n) is 10.6. The van der Waals surface area contributed by atoms with Gasteiger partial charge in [0.2, 0.25) is 0 Å². The van der Waals surface area contributed by atoms with Crippen LogP contribution in [0.3, 0.4) is 0 Å². The smallest absolute Gasteiger partial charge is 0.131 e. The number of benzene rings is 1. The first-order valence-corrected chi connectivity index (χ1v) is 5.84. The lowest BCUT2D eigenvalue weighted by molar-refractivity contribution is 0.148. The largest absolute Gasteiger partial charge is 0.396 e. The van der Waals surface area contributed by atoms with Crippen LogP contribution in [0.15, 0.2) is 18.2 Å². The SMILES string of the molecule is CC(C)(CCO)NCC(O)c1ccc(F)cc1F. The summed E-state index contributed by atoms with van der Waals surface area (Å²) < 4.78 is 26.1. The Morgan fingerprint density at radius 3 is 2.56 bits per heavy atom. The van der Waals surface area contributed by atoms with Crippen molar-refractivity contribution < 1.29 is 19.0 Å². The molecule has 102 valence electrons. The highest BCUT2D eigenvalue weighted by atomic mass is 19.1. The van der Waals surface area contributed by atoms with Crippen molar-refractivity contribution in [3.63, 3.8) is 0 Å². The first-order valence-electron chi connectivity index (χ1n) is 5.84. The van der Waals surface area contributed by atoms with E-state index >= 15 is 0 Å². The van der Waals surface area contributed by atoms with Crippen molar-refractivity contribution in [3.05, 3.63) is 35.4 Å². The van der Waals surface area contributed by atoms with Crippen molar-refractivity contribution >= 4 is 0 Å². The van der Waals surface area contributed by atoms with Crippen LogP contribution in [0.25, 0.3) is 0 Å². The van der Waals surface area contributed by atoms with Gasteiger partial charge in [0, 0.05) is 30.3 Å². The molecule has 0 spiro atoms. The summed E-state index contributed by atoms with van der Waals surface area (Å²) in [6.07, 6.45) is -0.533. The van der Waals surface area contributed by atoms with Gasteiger partial charge in [-0.3, -0.25) is 0 Å². The van der Waals surface area contributed by atoms with Crippen LogP contribution in [0.4, 0.5) is 8.78 Å². The Morgan fingerprint density at radius 2 is 2.00 bits per heavy atom. The molecule has 1 aromatic carbocycles. The summed E-state index contributed by atoms with van der Waals surface area (Å²) in [6, 6.07) is 3.09. The van der Waals surface area contributed by atoms with E-state index < -0.39 is 17.7 Å². The average molecular weight is 259 g/mol. The lowest BCUT2D eigenvalue weighted by Crippen LogP contribution is -2.42. The van der Waals surface area contributed by atoms with Gasteiger partial charge in [-0.25, -0.2) is 8.78 Å². The molecule has 3 nitrogen and oxygen atoms in total. The van der Waals surface area contributed by atoms with Gasteiger partial charge in [-0.05, 0) is 26.3 Å². The highest BCUT2D eigenvalue weighted by Gasteiger charge is 2.20. The molecule has 0 aliphatic carbocycles. The minimum Gasteiger partial charge on any atom is -0.396 e. The first kappa shape index (κ1) is 15.0. The Hall–Kier alpha value is -1.04. The monoisotopic (exact) mass is 259 g/mol. The van der Waals surface area contributed by atoms with E-state index in [9.17, 15) is 13.9 Å². The number of aliphatic hydroxyl groups is 2. The van der Waals surface area contributed by atoms with Gasteiger partial charge in [0.1, 0.15) is 11.6 Å². The maximum atomic E-state index is 13.4. The normalized spacial score (nSPS) is 13.7. The van der Waals surface area contributed by atoms with E-state index in [1.807, 2.05) is 13.8 Å². The van der Waals surface area contributed by atoms with Gasteiger partial charge < -0.3 is 15.5 Å². The van der Waals surface area contributed by atoms with Crippen molar-refractivity contribution in [2.75, 3.05) is 13.2 Å². The lowest BCUT2D eigenvalue weighted by Gasteiger charge is -2.27. The third kappa shape index (κ3) is 4.33. The second-order valence-corrected chi connectivity index (χ2v) is 4.92. The Labute approximate surface area is 105 Å². The van der Waals surface area contributed by atoms with Crippen molar-refractivity contribution in [3.8, 4) is 0 Å². The molecule has 1 unspecified atom stereocenters. The number of rotatable bonds is 6. The molecule has 0 aliphatic rings. The van der Waals surface area contributed by atoms with Gasteiger partial charge in [0.25, 0.3) is 0 Å². The zero-order valence-corrected chi connectivity index (χ0v) is 10.6. The number of hydrogen-bond donors (Lipinski definition) is 3. The van der Waals surface area contributed by atoms with Gasteiger partial charge in [0.15, 0.2) is 0 Å². The van der Waals surface area contributed by atoms with Crippen LogP contribution in [0, 0.1) is 11.6 Å². The summed E-state index contributed by atoms with van der Waals surface area (Å²) in [5, 5.41) is 21.7. The van der Waals surface area contributed by atoms with Crippen LogP contribution in [0.5, 0.6) is 0 Å². The predicted molar refractivity (Wildman–Crippen MR) is 65.1 cm³/mol. The molecule has 0 saturated heterocycles. The third-order valence-corrected chi connectivity index (χ3v) is 2.83. The van der Waals surface area contributed by atoms with Crippen LogP contribution >= 0.6 is 0 Å². The Morgan fingerprint density at radius 1 is 1.33 bits per heavy atom. The summed E-state index contributed by atoms with van der Waals surface area (Å²) in [5.41, 5.74) is -0.296. The molecule has 0 aliphatic heterocycles. The highest BCUT2D eigenvalue weighted by molar-refractivity contribution is 5.21. The molecule has 1 aromatic rings. The number of β-amino-alcohol motifs (C(OH)–C–C–N with tert-alkyl or cyclic N) is 1. The van der Waals surface area contributed by atoms with E-state index in [1.165, 1.54) is 6.07 Å². The third-order valence-electron chi connectivity index (χ3n) is 2.83. The second kappa shape index (κ2) is 6.22. The molecule has 0 bridgehead atoms. The van der Waals surface area contributed by atoms with Crippen LogP contribution < -0.4 is 5.32 Å². The number of hydrogen-bond acceptors (Lipinski definition) is 3. The Bertz CT molecular complexity index is 397. The minimum absolute atomic E-state index is 0.0288. The van der Waals surface area contributed by atoms with E-state index in [-0.39, 0.29) is 24.3 Å². The van der Waals surface area contributed by atoms with Gasteiger partial charge in [0.05, 0.1) is 6.10 Å². The predicted octanol–water partition coefficient (Wildman–Crippen LogP) is 1.75. The highest BCUT2D eigenvalue weighted by Crippen LogP contribution is 2.18. The second-order valence-electron chi connectivity index (χ2n) is 4.92. The van der Waals surface area contributed by atoms with E-state index in [1.54, 1.807) is 0 Å². The summed E-state index contributed by atoms with van der Waals surface area (Å²) in [7, 11) is 0. The number of aliphatic hydroxyl groups excluding tert-OH is 2. The summed E-state index contributed by atoms with van der Waals surface area (Å²) >= 11 is 0. The molecule has 18 heavy (non-hydrogen) atoms. The van der Waals surface area contributed by atoms with Crippen molar-refractivity contribution in [2.24, 2.45) is 0 Å². The molecule has 0 amide bonds. The topological polar surface area (TPSA) is 52.5 Å². The fraction of sp³-hybridized carbons (Fsp3) is 0.538. The molecule has 3 N–H and O–H groups in total. The molecule has 5 heteroatoms. The summed E-state index contributed by atoms with van der Waals surface area (Å²) in [4.78, 5) is 0. The Kier molecular flexibility index (Phi) is 5.19. The fourth-order valence-electron chi connectivity index (χ4n) is 1.62. The standard InChI is InChI=1S/C13H19F2NO2/c1-13(2,5-6-17)16-8-12(18)10-4-3-9(14)7-11(10)15/h3-4,7,12,16-18H,5-6,8H2,1-2H3. The fourth-order valence-corrected chi connectivity index (χ4v) is 1.62. The van der Waals surface area contributed by atoms with Crippen LogP contribution in [-0.4, -0.2) is 28.9 Å². The van der Waals surface area contributed by atoms with Gasteiger partial charge >= 0.3 is 0 Å². The minimum atomic E-state index is -1.05. The van der Waals surface area contributed by atoms with Gasteiger partial charge in [-0.2, -0.15) is 0 Å². The molecule has 0 fully saturated rings. The van der Waals surface area contributed by atoms with Crippen LogP contribution in [-0.2, 0) is 0 Å². The summed E-state index contributed by atoms with van der Waals surface area (Å²) in [6.45, 7) is 3.91. The zero-order chi connectivity index (χ0) is 13.8. The Balaban J connectivity index is 2.63. The van der Waals surface area contributed by atoms with E-state index in [0.29, 0.717) is 6.42 Å². The van der Waals surface area contributed by atoms with Crippen LogP contribution in [0.2, 0.25) is 0 Å². The quantitative estimate of drug-likeness (QED) is 0.729. The van der Waals surface area contributed by atoms with Gasteiger partial charge in [-0.1, -0.05) is 6.07 Å². The molecule has 0 heterocycles. The molecular formula is C13H19F2NO2. The maximum Gasteiger partial charge on any atom is 0.131 e. The van der Waals surface area contributed by atoms with E-state index in [0.717, 1.165) is 12.1 Å². The van der Waals surface area contributed by atoms with E-state index in [4.69, 9.17) is 5.11 Å². The van der Waals surface area contributed by atoms with E-state index in [2.05, 4.69) is 5.32 Å². The molecule has 0 radical (unpaired) electrons. The molecule has 0 saturated carbocycles. The van der Waals surface area contributed by atoms with Crippen molar-refractivity contribution in [2.45, 2.75) is 31.9 Å². The number of halogens is 2. The summed E-state index contributed by atoms with van der Waals surface area (Å²) in [5.74, 6) is -1.43. The van der Waals surface area contributed by atoms with Crippen molar-refractivity contribution in [1.82, 2.24) is 5.32 Å². The first-order chi connectivity index (χ1) is 8.35. The lowest BCUT2D eigenvalue weighted by atomic mass is 10.00. The average Bonchev–Trinajstić information content (AvgIpc) is 2.26. The van der Waals surface area contributed by atoms with Crippen LogP contribution in [0.1, 0.15) is 31.9 Å². The van der Waals surface area contributed by atoms with Gasteiger partial charge in [-0.15, -0.1) is 0 Å². The number of nitrogens with one attached hydrogen (secondary N) is 1. The maximum absolute atomic E-state index is 13.4. The molecule has 1 atom stereocenters. The molecular weight excluding hydrogens is 240 g/mol.